The van der Waals surface area contributed by atoms with E-state index in [0.717, 1.165) is 11.1 Å². The third-order valence-corrected chi connectivity index (χ3v) is 5.60. The molecule has 0 amide bonds. The predicted molar refractivity (Wildman–Crippen MR) is 71.8 cm³/mol. The highest BCUT2D eigenvalue weighted by Gasteiger charge is 2.36. The van der Waals surface area contributed by atoms with E-state index in [-0.39, 0.29) is 0 Å². The smallest absolute Gasteiger partial charge is 0.154 e. The molecular formula is C13H21NO2S. The first kappa shape index (κ1) is 14.2. The van der Waals surface area contributed by atoms with Gasteiger partial charge in [-0.15, -0.1) is 0 Å². The molecule has 0 aromatic heterocycles. The Labute approximate surface area is 104 Å². The van der Waals surface area contributed by atoms with Crippen molar-refractivity contribution in [1.29, 1.82) is 0 Å². The highest BCUT2D eigenvalue weighted by Crippen LogP contribution is 2.21. The van der Waals surface area contributed by atoms with Crippen LogP contribution in [0.4, 0.5) is 0 Å². The molecule has 17 heavy (non-hydrogen) atoms. The summed E-state index contributed by atoms with van der Waals surface area (Å²) in [7, 11) is -3.16. The van der Waals surface area contributed by atoms with Gasteiger partial charge in [0.25, 0.3) is 0 Å². The molecular weight excluding hydrogens is 234 g/mol. The number of aryl methyl sites for hydroxylation is 1. The average Bonchev–Trinajstić information content (AvgIpc) is 2.15. The largest absolute Gasteiger partial charge is 0.326 e. The molecule has 0 spiro atoms. The minimum atomic E-state index is -3.16. The van der Waals surface area contributed by atoms with Gasteiger partial charge in [-0.05, 0) is 32.8 Å². The van der Waals surface area contributed by atoms with Crippen LogP contribution in [-0.4, -0.2) is 25.5 Å². The van der Waals surface area contributed by atoms with Crippen LogP contribution in [-0.2, 0) is 16.3 Å². The number of rotatable bonds is 4. The Morgan fingerprint density at radius 2 is 1.94 bits per heavy atom. The fourth-order valence-electron chi connectivity index (χ4n) is 1.61. The lowest BCUT2D eigenvalue weighted by molar-refractivity contribution is 0.482. The van der Waals surface area contributed by atoms with E-state index in [1.54, 1.807) is 13.8 Å². The topological polar surface area (TPSA) is 60.2 Å². The summed E-state index contributed by atoms with van der Waals surface area (Å²) >= 11 is 0. The average molecular weight is 255 g/mol. The molecule has 1 rings (SSSR count). The maximum absolute atomic E-state index is 11.7. The van der Waals surface area contributed by atoms with Gasteiger partial charge in [0.15, 0.2) is 9.84 Å². The number of benzene rings is 1. The van der Waals surface area contributed by atoms with Gasteiger partial charge in [-0.2, -0.15) is 0 Å². The van der Waals surface area contributed by atoms with E-state index in [1.807, 2.05) is 31.2 Å². The van der Waals surface area contributed by atoms with Crippen molar-refractivity contribution in [2.24, 2.45) is 5.73 Å². The van der Waals surface area contributed by atoms with Crippen LogP contribution in [0.1, 0.15) is 25.0 Å². The molecule has 0 aliphatic heterocycles. The summed E-state index contributed by atoms with van der Waals surface area (Å²) in [5.41, 5.74) is 8.28. The number of nitrogens with two attached hydrogens (primary N) is 1. The summed E-state index contributed by atoms with van der Waals surface area (Å²) in [6.45, 7) is 5.38. The van der Waals surface area contributed by atoms with Crippen molar-refractivity contribution >= 4 is 9.84 Å². The molecule has 1 aromatic rings. The number of hydrogen-bond acceptors (Lipinski definition) is 3. The third-order valence-electron chi connectivity index (χ3n) is 3.39. The second-order valence-electron chi connectivity index (χ2n) is 5.18. The molecule has 1 atom stereocenters. The zero-order valence-electron chi connectivity index (χ0n) is 10.9. The summed E-state index contributed by atoms with van der Waals surface area (Å²) in [6, 6.07) is 7.59. The fourth-order valence-corrected chi connectivity index (χ4v) is 2.25. The SMILES string of the molecule is Cc1cccc(CC(N)C(C)(C)S(C)(=O)=O)c1. The van der Waals surface area contributed by atoms with Crippen molar-refractivity contribution in [3.05, 3.63) is 35.4 Å². The lowest BCUT2D eigenvalue weighted by atomic mass is 9.96. The van der Waals surface area contributed by atoms with Crippen LogP contribution in [0.3, 0.4) is 0 Å². The van der Waals surface area contributed by atoms with Crippen LogP contribution in [0, 0.1) is 6.92 Å². The quantitative estimate of drug-likeness (QED) is 0.890. The zero-order chi connectivity index (χ0) is 13.3. The molecule has 0 aliphatic carbocycles. The van der Waals surface area contributed by atoms with Crippen LogP contribution in [0.25, 0.3) is 0 Å². The van der Waals surface area contributed by atoms with Gasteiger partial charge in [0.2, 0.25) is 0 Å². The van der Waals surface area contributed by atoms with Crippen LogP contribution >= 0.6 is 0 Å². The molecule has 0 saturated heterocycles. The maximum Gasteiger partial charge on any atom is 0.154 e. The Hall–Kier alpha value is -0.870. The van der Waals surface area contributed by atoms with E-state index >= 15 is 0 Å². The lowest BCUT2D eigenvalue weighted by Gasteiger charge is -2.29. The van der Waals surface area contributed by atoms with Crippen molar-refractivity contribution in [3.8, 4) is 0 Å². The Morgan fingerprint density at radius 3 is 2.41 bits per heavy atom. The number of hydrogen-bond donors (Lipinski definition) is 1. The maximum atomic E-state index is 11.7. The van der Waals surface area contributed by atoms with Crippen LogP contribution in [0.2, 0.25) is 0 Å². The Bertz CT molecular complexity index is 492. The van der Waals surface area contributed by atoms with Gasteiger partial charge in [0.05, 0.1) is 4.75 Å². The Morgan fingerprint density at radius 1 is 1.35 bits per heavy atom. The van der Waals surface area contributed by atoms with Gasteiger partial charge in [-0.1, -0.05) is 29.8 Å². The van der Waals surface area contributed by atoms with Gasteiger partial charge in [0, 0.05) is 12.3 Å². The number of sulfone groups is 1. The Balaban J connectivity index is 2.90. The van der Waals surface area contributed by atoms with Crippen molar-refractivity contribution in [2.45, 2.75) is 38.0 Å². The van der Waals surface area contributed by atoms with Gasteiger partial charge in [0.1, 0.15) is 0 Å². The molecule has 0 bridgehead atoms. The predicted octanol–water partition coefficient (Wildman–Crippen LogP) is 1.69. The Kier molecular flexibility index (Phi) is 3.99. The standard InChI is InChI=1S/C13H21NO2S/c1-10-6-5-7-11(8-10)9-12(14)13(2,3)17(4,15)16/h5-8,12H,9,14H2,1-4H3. The van der Waals surface area contributed by atoms with Gasteiger partial charge in [-0.3, -0.25) is 0 Å². The fraction of sp³-hybridized carbons (Fsp3) is 0.538. The first-order valence-electron chi connectivity index (χ1n) is 5.65. The zero-order valence-corrected chi connectivity index (χ0v) is 11.7. The molecule has 1 aromatic carbocycles. The van der Waals surface area contributed by atoms with E-state index in [2.05, 4.69) is 0 Å². The second-order valence-corrected chi connectivity index (χ2v) is 7.77. The lowest BCUT2D eigenvalue weighted by Crippen LogP contribution is -2.49. The second kappa shape index (κ2) is 4.78. The highest BCUT2D eigenvalue weighted by molar-refractivity contribution is 7.92. The van der Waals surface area contributed by atoms with Crippen LogP contribution < -0.4 is 5.73 Å². The van der Waals surface area contributed by atoms with Crippen molar-refractivity contribution in [2.75, 3.05) is 6.26 Å². The van der Waals surface area contributed by atoms with E-state index in [4.69, 9.17) is 5.73 Å². The van der Waals surface area contributed by atoms with Crippen molar-refractivity contribution in [1.82, 2.24) is 0 Å². The molecule has 0 heterocycles. The summed E-state index contributed by atoms with van der Waals surface area (Å²) in [5.74, 6) is 0. The van der Waals surface area contributed by atoms with Crippen LogP contribution in [0.5, 0.6) is 0 Å². The summed E-state index contributed by atoms with van der Waals surface area (Å²) in [5, 5.41) is 0. The molecule has 1 unspecified atom stereocenters. The minimum absolute atomic E-state index is 0.403. The summed E-state index contributed by atoms with van der Waals surface area (Å²) < 4.78 is 22.4. The molecule has 2 N–H and O–H groups in total. The van der Waals surface area contributed by atoms with Crippen molar-refractivity contribution < 1.29 is 8.42 Å². The molecule has 4 heteroatoms. The van der Waals surface area contributed by atoms with E-state index < -0.39 is 20.6 Å². The molecule has 3 nitrogen and oxygen atoms in total. The molecule has 0 radical (unpaired) electrons. The first-order valence-corrected chi connectivity index (χ1v) is 7.54. The van der Waals surface area contributed by atoms with Crippen LogP contribution in [0.15, 0.2) is 24.3 Å². The summed E-state index contributed by atoms with van der Waals surface area (Å²) in [4.78, 5) is 0. The first-order chi connectivity index (χ1) is 7.64. The molecule has 0 fully saturated rings. The molecule has 0 aliphatic rings. The van der Waals surface area contributed by atoms with E-state index in [1.165, 1.54) is 6.26 Å². The van der Waals surface area contributed by atoms with Gasteiger partial charge >= 0.3 is 0 Å². The molecule has 96 valence electrons. The summed E-state index contributed by atoms with van der Waals surface area (Å²) in [6.07, 6.45) is 1.81. The normalized spacial score (nSPS) is 14.6. The third kappa shape index (κ3) is 3.30. The van der Waals surface area contributed by atoms with Gasteiger partial charge in [-0.25, -0.2) is 8.42 Å². The van der Waals surface area contributed by atoms with Gasteiger partial charge < -0.3 is 5.73 Å². The monoisotopic (exact) mass is 255 g/mol. The minimum Gasteiger partial charge on any atom is -0.326 e. The van der Waals surface area contributed by atoms with E-state index in [9.17, 15) is 8.42 Å². The van der Waals surface area contributed by atoms with Crippen molar-refractivity contribution in [3.63, 3.8) is 0 Å². The van der Waals surface area contributed by atoms with E-state index in [0.29, 0.717) is 6.42 Å². The highest BCUT2D eigenvalue weighted by atomic mass is 32.2. The molecule has 0 saturated carbocycles.